The first-order valence-electron chi connectivity index (χ1n) is 8.96. The lowest BCUT2D eigenvalue weighted by atomic mass is 10.0. The van der Waals surface area contributed by atoms with E-state index in [2.05, 4.69) is 10.6 Å². The van der Waals surface area contributed by atoms with Crippen molar-refractivity contribution in [3.8, 4) is 0 Å². The minimum atomic E-state index is -1.06. The van der Waals surface area contributed by atoms with Gasteiger partial charge in [-0.25, -0.2) is 4.79 Å². The zero-order valence-electron chi connectivity index (χ0n) is 15.5. The van der Waals surface area contributed by atoms with E-state index in [-0.39, 0.29) is 18.2 Å². The zero-order chi connectivity index (χ0) is 21.0. The van der Waals surface area contributed by atoms with Gasteiger partial charge in [-0.1, -0.05) is 41.4 Å². The number of ether oxygens (including phenoxy) is 1. The topological polar surface area (TPSA) is 87.7 Å². The van der Waals surface area contributed by atoms with Crippen LogP contribution < -0.4 is 15.5 Å². The molecule has 3 rings (SSSR count). The molecule has 1 aliphatic rings. The molecule has 9 heteroatoms. The van der Waals surface area contributed by atoms with Crippen molar-refractivity contribution in [1.29, 1.82) is 0 Å². The minimum absolute atomic E-state index is 0.111. The van der Waals surface area contributed by atoms with E-state index in [1.807, 2.05) is 6.07 Å². The van der Waals surface area contributed by atoms with Gasteiger partial charge in [-0.05, 0) is 37.3 Å². The number of hydrogen-bond acceptors (Lipinski definition) is 4. The maximum absolute atomic E-state index is 12.9. The van der Waals surface area contributed by atoms with Gasteiger partial charge < -0.3 is 20.3 Å². The van der Waals surface area contributed by atoms with Crippen molar-refractivity contribution < 1.29 is 19.1 Å². The number of urea groups is 1. The third kappa shape index (κ3) is 4.81. The number of carbonyl (C=O) groups is 3. The monoisotopic (exact) mass is 435 g/mol. The van der Waals surface area contributed by atoms with Crippen LogP contribution in [-0.4, -0.2) is 37.1 Å². The highest BCUT2D eigenvalue weighted by molar-refractivity contribution is 6.42. The second-order valence-corrected chi connectivity index (χ2v) is 7.16. The Kier molecular flexibility index (Phi) is 6.61. The lowest BCUT2D eigenvalue weighted by molar-refractivity contribution is -0.148. The number of nitrogens with one attached hydrogen (secondary N) is 2. The number of rotatable bonds is 5. The molecule has 0 radical (unpaired) electrons. The van der Waals surface area contributed by atoms with Gasteiger partial charge in [-0.2, -0.15) is 0 Å². The summed E-state index contributed by atoms with van der Waals surface area (Å²) in [5, 5.41) is 5.80. The summed E-state index contributed by atoms with van der Waals surface area (Å²) >= 11 is 11.8. The Morgan fingerprint density at radius 3 is 2.52 bits per heavy atom. The van der Waals surface area contributed by atoms with Crippen LogP contribution in [0, 0.1) is 5.92 Å². The van der Waals surface area contributed by atoms with E-state index >= 15 is 0 Å². The first-order valence-corrected chi connectivity index (χ1v) is 9.72. The summed E-state index contributed by atoms with van der Waals surface area (Å²) in [6.07, 6.45) is 0. The SMILES string of the molecule is CCOC(=O)[C@H]1CN(c2ccccc2)C(=O)[C@H]1NC(=O)Nc1ccc(Cl)c(Cl)c1. The molecule has 152 valence electrons. The Morgan fingerprint density at radius 2 is 1.86 bits per heavy atom. The van der Waals surface area contributed by atoms with E-state index in [1.54, 1.807) is 43.3 Å². The minimum Gasteiger partial charge on any atom is -0.466 e. The first-order chi connectivity index (χ1) is 13.9. The van der Waals surface area contributed by atoms with Crippen LogP contribution >= 0.6 is 23.2 Å². The summed E-state index contributed by atoms with van der Waals surface area (Å²) in [5.41, 5.74) is 1.04. The number of benzene rings is 2. The molecule has 2 aromatic carbocycles. The van der Waals surface area contributed by atoms with E-state index in [1.165, 1.54) is 11.0 Å². The maximum atomic E-state index is 12.9. The van der Waals surface area contributed by atoms with Crippen molar-refractivity contribution in [2.45, 2.75) is 13.0 Å². The number of para-hydroxylation sites is 1. The summed E-state index contributed by atoms with van der Waals surface area (Å²) < 4.78 is 5.10. The zero-order valence-corrected chi connectivity index (χ0v) is 17.0. The summed E-state index contributed by atoms with van der Waals surface area (Å²) in [4.78, 5) is 39.3. The number of anilines is 2. The second kappa shape index (κ2) is 9.15. The molecule has 2 aromatic rings. The van der Waals surface area contributed by atoms with E-state index in [0.717, 1.165) is 0 Å². The van der Waals surface area contributed by atoms with Gasteiger partial charge in [0.15, 0.2) is 0 Å². The fourth-order valence-corrected chi connectivity index (χ4v) is 3.38. The molecule has 0 spiro atoms. The van der Waals surface area contributed by atoms with Crippen molar-refractivity contribution in [1.82, 2.24) is 5.32 Å². The molecule has 0 bridgehead atoms. The number of carbonyl (C=O) groups excluding carboxylic acids is 3. The first kappa shape index (κ1) is 21.0. The Bertz CT molecular complexity index is 923. The molecule has 7 nitrogen and oxygen atoms in total. The highest BCUT2D eigenvalue weighted by Gasteiger charge is 2.46. The van der Waals surface area contributed by atoms with Crippen LogP contribution in [0.15, 0.2) is 48.5 Å². The molecule has 1 aliphatic heterocycles. The number of nitrogens with zero attached hydrogens (tertiary/aromatic N) is 1. The molecule has 0 unspecified atom stereocenters. The number of halogens is 2. The summed E-state index contributed by atoms with van der Waals surface area (Å²) in [5.74, 6) is -1.76. The quantitative estimate of drug-likeness (QED) is 0.700. The van der Waals surface area contributed by atoms with Gasteiger partial charge in [-0.15, -0.1) is 0 Å². The average molecular weight is 436 g/mol. The van der Waals surface area contributed by atoms with Crippen molar-refractivity contribution in [2.75, 3.05) is 23.4 Å². The average Bonchev–Trinajstić information content (AvgIpc) is 3.02. The van der Waals surface area contributed by atoms with Gasteiger partial charge in [0.25, 0.3) is 5.91 Å². The third-order valence-corrected chi connectivity index (χ3v) is 5.17. The molecule has 2 atom stereocenters. The van der Waals surface area contributed by atoms with Gasteiger partial charge >= 0.3 is 12.0 Å². The lowest BCUT2D eigenvalue weighted by Crippen LogP contribution is -2.47. The van der Waals surface area contributed by atoms with Crippen LogP contribution in [0.2, 0.25) is 10.0 Å². The molecule has 2 N–H and O–H groups in total. The molecule has 1 saturated heterocycles. The van der Waals surface area contributed by atoms with Crippen LogP contribution in [0.1, 0.15) is 6.92 Å². The molecule has 3 amide bonds. The molecule has 1 fully saturated rings. The van der Waals surface area contributed by atoms with Crippen LogP contribution in [-0.2, 0) is 14.3 Å². The number of hydrogen-bond donors (Lipinski definition) is 2. The Labute approximate surface area is 177 Å². The van der Waals surface area contributed by atoms with E-state index in [4.69, 9.17) is 27.9 Å². The third-order valence-electron chi connectivity index (χ3n) is 4.44. The second-order valence-electron chi connectivity index (χ2n) is 6.35. The van der Waals surface area contributed by atoms with Crippen molar-refractivity contribution in [3.63, 3.8) is 0 Å². The van der Waals surface area contributed by atoms with E-state index in [9.17, 15) is 14.4 Å². The Morgan fingerprint density at radius 1 is 1.14 bits per heavy atom. The normalized spacial score (nSPS) is 18.4. The van der Waals surface area contributed by atoms with E-state index in [0.29, 0.717) is 16.4 Å². The summed E-state index contributed by atoms with van der Waals surface area (Å²) in [6.45, 7) is 1.97. The molecule has 0 aromatic heterocycles. The van der Waals surface area contributed by atoms with Crippen molar-refractivity contribution in [2.24, 2.45) is 5.92 Å². The fraction of sp³-hybridized carbons (Fsp3) is 0.250. The maximum Gasteiger partial charge on any atom is 0.319 e. The van der Waals surface area contributed by atoms with Gasteiger partial charge in [0.2, 0.25) is 0 Å². The standard InChI is InChI=1S/C20H19Cl2N3O4/c1-2-29-19(27)14-11-25(13-6-4-3-5-7-13)18(26)17(14)24-20(28)23-12-8-9-15(21)16(22)10-12/h3-10,14,17H,2,11H2,1H3,(H2,23,24,28)/t14-,17-/m0/s1. The molecular weight excluding hydrogens is 417 g/mol. The number of esters is 1. The predicted molar refractivity (Wildman–Crippen MR) is 111 cm³/mol. The predicted octanol–water partition coefficient (Wildman–Crippen LogP) is 3.71. The smallest absolute Gasteiger partial charge is 0.319 e. The molecule has 1 heterocycles. The lowest BCUT2D eigenvalue weighted by Gasteiger charge is -2.18. The van der Waals surface area contributed by atoms with Gasteiger partial charge in [0, 0.05) is 17.9 Å². The molecule has 0 aliphatic carbocycles. The molecule has 0 saturated carbocycles. The Hall–Kier alpha value is -2.77. The van der Waals surface area contributed by atoms with Gasteiger partial charge in [0.05, 0.1) is 16.7 Å². The van der Waals surface area contributed by atoms with Gasteiger partial charge in [-0.3, -0.25) is 9.59 Å². The van der Waals surface area contributed by atoms with E-state index < -0.39 is 29.9 Å². The van der Waals surface area contributed by atoms with Crippen molar-refractivity contribution in [3.05, 3.63) is 58.6 Å². The number of amides is 3. The molecular formula is C20H19Cl2N3O4. The van der Waals surface area contributed by atoms with Crippen LogP contribution in [0.3, 0.4) is 0 Å². The van der Waals surface area contributed by atoms with Crippen molar-refractivity contribution >= 4 is 52.5 Å². The van der Waals surface area contributed by atoms with Gasteiger partial charge in [0.1, 0.15) is 12.0 Å². The van der Waals surface area contributed by atoms with Crippen LogP contribution in [0.4, 0.5) is 16.2 Å². The highest BCUT2D eigenvalue weighted by Crippen LogP contribution is 2.27. The largest absolute Gasteiger partial charge is 0.466 e. The highest BCUT2D eigenvalue weighted by atomic mass is 35.5. The Balaban J connectivity index is 1.77. The summed E-state index contributed by atoms with van der Waals surface area (Å²) in [6, 6.07) is 11.8. The molecule has 29 heavy (non-hydrogen) atoms. The van der Waals surface area contributed by atoms with Crippen LogP contribution in [0.25, 0.3) is 0 Å². The van der Waals surface area contributed by atoms with Crippen LogP contribution in [0.5, 0.6) is 0 Å². The summed E-state index contributed by atoms with van der Waals surface area (Å²) in [7, 11) is 0. The fourth-order valence-electron chi connectivity index (χ4n) is 3.08.